The molecule has 0 saturated heterocycles. The zero-order valence-electron chi connectivity index (χ0n) is 16.9. The van der Waals surface area contributed by atoms with Crippen molar-refractivity contribution in [3.8, 4) is 0 Å². The van der Waals surface area contributed by atoms with Crippen molar-refractivity contribution in [1.29, 1.82) is 0 Å². The van der Waals surface area contributed by atoms with Gasteiger partial charge in [0.25, 0.3) is 0 Å². The number of anilines is 1. The predicted molar refractivity (Wildman–Crippen MR) is 115 cm³/mol. The Morgan fingerprint density at radius 2 is 1.68 bits per heavy atom. The van der Waals surface area contributed by atoms with E-state index in [0.717, 1.165) is 22.9 Å². The number of sulfonamides is 1. The van der Waals surface area contributed by atoms with Crippen molar-refractivity contribution in [2.45, 2.75) is 39.8 Å². The molecule has 2 aromatic rings. The Kier molecular flexibility index (Phi) is 7.12. The lowest BCUT2D eigenvalue weighted by atomic mass is 10.1. The maximum Gasteiger partial charge on any atom is 0.246 e. The van der Waals surface area contributed by atoms with Crippen molar-refractivity contribution in [2.24, 2.45) is 0 Å². The lowest BCUT2D eigenvalue weighted by Gasteiger charge is -2.33. The first kappa shape index (κ1) is 22.2. The molecule has 1 atom stereocenters. The summed E-state index contributed by atoms with van der Waals surface area (Å²) in [5.74, 6) is -0.249. The van der Waals surface area contributed by atoms with Crippen LogP contribution in [0.4, 0.5) is 5.69 Å². The van der Waals surface area contributed by atoms with Crippen molar-refractivity contribution in [2.75, 3.05) is 17.6 Å². The van der Waals surface area contributed by atoms with Crippen LogP contribution in [0.15, 0.2) is 42.5 Å². The highest BCUT2D eigenvalue weighted by Gasteiger charge is 2.33. The Balaban J connectivity index is 2.35. The lowest BCUT2D eigenvalue weighted by Crippen LogP contribution is -2.49. The molecule has 0 aliphatic heterocycles. The first-order valence-corrected chi connectivity index (χ1v) is 11.3. The van der Waals surface area contributed by atoms with Crippen LogP contribution in [-0.2, 0) is 21.4 Å². The Morgan fingerprint density at radius 1 is 1.07 bits per heavy atom. The number of rotatable bonds is 7. The summed E-state index contributed by atoms with van der Waals surface area (Å²) in [6.45, 7) is 6.08. The summed E-state index contributed by atoms with van der Waals surface area (Å²) in [7, 11) is -1.97. The molecule has 28 heavy (non-hydrogen) atoms. The quantitative estimate of drug-likeness (QED) is 0.673. The minimum Gasteiger partial charge on any atom is -0.340 e. The molecule has 0 unspecified atom stereocenters. The fraction of sp³-hybridized carbons (Fsp3) is 0.381. The molecule has 0 aliphatic carbocycles. The molecule has 0 aromatic heterocycles. The first-order chi connectivity index (χ1) is 13.0. The van der Waals surface area contributed by atoms with Crippen molar-refractivity contribution < 1.29 is 13.2 Å². The van der Waals surface area contributed by atoms with Crippen LogP contribution in [0.25, 0.3) is 0 Å². The molecular formula is C21H27ClN2O3S. The first-order valence-electron chi connectivity index (χ1n) is 9.10. The largest absolute Gasteiger partial charge is 0.340 e. The zero-order chi connectivity index (χ0) is 21.1. The summed E-state index contributed by atoms with van der Waals surface area (Å²) in [4.78, 5) is 14.7. The molecule has 0 N–H and O–H groups in total. The summed E-state index contributed by atoms with van der Waals surface area (Å²) in [6, 6.07) is 11.9. The van der Waals surface area contributed by atoms with E-state index in [1.807, 2.05) is 45.0 Å². The van der Waals surface area contributed by atoms with E-state index in [2.05, 4.69) is 0 Å². The van der Waals surface area contributed by atoms with Crippen LogP contribution in [0.3, 0.4) is 0 Å². The normalized spacial score (nSPS) is 12.5. The number of carbonyl (C=O) groups excluding carboxylic acids is 1. The number of amides is 1. The molecular weight excluding hydrogens is 396 g/mol. The summed E-state index contributed by atoms with van der Waals surface area (Å²) < 4.78 is 26.4. The number of carbonyl (C=O) groups is 1. The van der Waals surface area contributed by atoms with Crippen LogP contribution in [0.2, 0.25) is 5.02 Å². The predicted octanol–water partition coefficient (Wildman–Crippen LogP) is 4.16. The number of benzene rings is 2. The second-order valence-corrected chi connectivity index (χ2v) is 9.37. The summed E-state index contributed by atoms with van der Waals surface area (Å²) in [5.41, 5.74) is 3.47. The van der Waals surface area contributed by atoms with Gasteiger partial charge in [0.1, 0.15) is 6.04 Å². The van der Waals surface area contributed by atoms with Gasteiger partial charge < -0.3 is 4.90 Å². The van der Waals surface area contributed by atoms with E-state index >= 15 is 0 Å². The van der Waals surface area contributed by atoms with Gasteiger partial charge in [-0.05, 0) is 61.2 Å². The minimum atomic E-state index is -3.65. The Bertz CT molecular complexity index is 943. The van der Waals surface area contributed by atoms with Crippen LogP contribution in [-0.4, -0.2) is 38.6 Å². The maximum absolute atomic E-state index is 13.2. The molecule has 1 amide bonds. The third-order valence-corrected chi connectivity index (χ3v) is 6.20. The minimum absolute atomic E-state index is 0.249. The molecule has 2 aromatic carbocycles. The van der Waals surface area contributed by atoms with E-state index in [4.69, 9.17) is 11.6 Å². The van der Waals surface area contributed by atoms with Gasteiger partial charge in [-0.2, -0.15) is 0 Å². The maximum atomic E-state index is 13.2. The average molecular weight is 423 g/mol. The number of likely N-dealkylation sites (N-methyl/N-ethyl adjacent to an activating group) is 1. The second kappa shape index (κ2) is 8.97. The molecule has 0 bridgehead atoms. The SMILES string of the molecule is CC[C@@H](C(=O)N(C)Cc1ccc(Cl)cc1)N(c1ccc(C)c(C)c1)S(C)(=O)=O. The fourth-order valence-electron chi connectivity index (χ4n) is 3.10. The Labute approximate surface area is 173 Å². The second-order valence-electron chi connectivity index (χ2n) is 7.07. The fourth-order valence-corrected chi connectivity index (χ4v) is 4.43. The van der Waals surface area contributed by atoms with Crippen LogP contribution in [0.1, 0.15) is 30.0 Å². The van der Waals surface area contributed by atoms with E-state index in [1.165, 1.54) is 4.31 Å². The van der Waals surface area contributed by atoms with E-state index in [9.17, 15) is 13.2 Å². The van der Waals surface area contributed by atoms with Gasteiger partial charge in [0.15, 0.2) is 0 Å². The number of halogens is 1. The molecule has 0 saturated carbocycles. The van der Waals surface area contributed by atoms with Gasteiger partial charge in [0.05, 0.1) is 11.9 Å². The number of hydrogen-bond donors (Lipinski definition) is 0. The molecule has 5 nitrogen and oxygen atoms in total. The van der Waals surface area contributed by atoms with Gasteiger partial charge in [-0.1, -0.05) is 36.7 Å². The number of aryl methyl sites for hydroxylation is 2. The van der Waals surface area contributed by atoms with Crippen molar-refractivity contribution >= 4 is 33.2 Å². The van der Waals surface area contributed by atoms with Crippen LogP contribution in [0.5, 0.6) is 0 Å². The van der Waals surface area contributed by atoms with Crippen LogP contribution < -0.4 is 4.31 Å². The highest BCUT2D eigenvalue weighted by Crippen LogP contribution is 2.26. The number of hydrogen-bond acceptors (Lipinski definition) is 3. The summed E-state index contributed by atoms with van der Waals surface area (Å²) >= 11 is 5.91. The van der Waals surface area contributed by atoms with Gasteiger partial charge in [-0.15, -0.1) is 0 Å². The summed E-state index contributed by atoms with van der Waals surface area (Å²) in [5, 5.41) is 0.627. The Hall–Kier alpha value is -2.05. The average Bonchev–Trinajstić information content (AvgIpc) is 2.62. The molecule has 2 rings (SSSR count). The third-order valence-electron chi connectivity index (χ3n) is 4.77. The highest BCUT2D eigenvalue weighted by molar-refractivity contribution is 7.92. The van der Waals surface area contributed by atoms with Gasteiger partial charge in [0, 0.05) is 18.6 Å². The topological polar surface area (TPSA) is 57.7 Å². The van der Waals surface area contributed by atoms with E-state index in [1.54, 1.807) is 30.1 Å². The van der Waals surface area contributed by atoms with Crippen LogP contribution >= 0.6 is 11.6 Å². The van der Waals surface area contributed by atoms with Gasteiger partial charge in [-0.3, -0.25) is 9.10 Å². The van der Waals surface area contributed by atoms with Crippen molar-refractivity contribution in [1.82, 2.24) is 4.90 Å². The summed E-state index contributed by atoms with van der Waals surface area (Å²) in [6.07, 6.45) is 1.50. The van der Waals surface area contributed by atoms with E-state index in [0.29, 0.717) is 23.7 Å². The van der Waals surface area contributed by atoms with Crippen molar-refractivity contribution in [3.63, 3.8) is 0 Å². The van der Waals surface area contributed by atoms with Crippen molar-refractivity contribution in [3.05, 3.63) is 64.2 Å². The van der Waals surface area contributed by atoms with Gasteiger partial charge >= 0.3 is 0 Å². The Morgan fingerprint density at radius 3 is 2.18 bits per heavy atom. The standard InChI is InChI=1S/C21H27ClN2O3S/c1-6-20(21(25)23(4)14-17-8-10-18(22)11-9-17)24(28(5,26)27)19-12-7-15(2)16(3)13-19/h7-13,20H,6,14H2,1-5H3/t20-/m0/s1. The van der Waals surface area contributed by atoms with Crippen LogP contribution in [0, 0.1) is 13.8 Å². The van der Waals surface area contributed by atoms with Gasteiger partial charge in [-0.25, -0.2) is 8.42 Å². The number of nitrogens with zero attached hydrogens (tertiary/aromatic N) is 2. The lowest BCUT2D eigenvalue weighted by molar-refractivity contribution is -0.131. The molecule has 0 spiro atoms. The van der Waals surface area contributed by atoms with E-state index < -0.39 is 16.1 Å². The molecule has 7 heteroatoms. The smallest absolute Gasteiger partial charge is 0.246 e. The third kappa shape index (κ3) is 5.26. The van der Waals surface area contributed by atoms with Gasteiger partial charge in [0.2, 0.25) is 15.9 Å². The highest BCUT2D eigenvalue weighted by atomic mass is 35.5. The zero-order valence-corrected chi connectivity index (χ0v) is 18.5. The molecule has 0 heterocycles. The molecule has 0 aliphatic rings. The molecule has 0 fully saturated rings. The monoisotopic (exact) mass is 422 g/mol. The van der Waals surface area contributed by atoms with E-state index in [-0.39, 0.29) is 5.91 Å². The molecule has 0 radical (unpaired) electrons. The molecule has 152 valence electrons.